The summed E-state index contributed by atoms with van der Waals surface area (Å²) in [7, 11) is -4.21. The van der Waals surface area contributed by atoms with Gasteiger partial charge in [0, 0.05) is 11.3 Å². The fraction of sp³-hybridized carbons (Fsp3) is 0.130. The summed E-state index contributed by atoms with van der Waals surface area (Å²) in [6.07, 6.45) is 0. The molecule has 33 heavy (non-hydrogen) atoms. The van der Waals surface area contributed by atoms with Crippen LogP contribution in [0.25, 0.3) is 0 Å². The molecule has 3 aromatic rings. The number of sulfonamides is 1. The second-order valence-corrected chi connectivity index (χ2v) is 8.75. The van der Waals surface area contributed by atoms with Crippen LogP contribution in [0.5, 0.6) is 5.75 Å². The zero-order chi connectivity index (χ0) is 24.0. The third-order valence-corrected chi connectivity index (χ3v) is 6.34. The molecule has 0 saturated carbocycles. The molecule has 10 heteroatoms. The number of nitrogens with zero attached hydrogens (tertiary/aromatic N) is 1. The van der Waals surface area contributed by atoms with Crippen molar-refractivity contribution in [1.82, 2.24) is 0 Å². The van der Waals surface area contributed by atoms with Crippen LogP contribution in [-0.4, -0.2) is 33.4 Å². The molecule has 0 bridgehead atoms. The lowest BCUT2D eigenvalue weighted by molar-refractivity contribution is -0.114. The highest BCUT2D eigenvalue weighted by molar-refractivity contribution is 7.92. The molecule has 0 spiro atoms. The van der Waals surface area contributed by atoms with Crippen LogP contribution < -0.4 is 20.1 Å². The Morgan fingerprint density at radius 1 is 1.03 bits per heavy atom. The van der Waals surface area contributed by atoms with Crippen molar-refractivity contribution in [3.63, 3.8) is 0 Å². The van der Waals surface area contributed by atoms with Crippen molar-refractivity contribution in [2.75, 3.05) is 22.8 Å². The van der Waals surface area contributed by atoms with Crippen molar-refractivity contribution in [2.24, 2.45) is 5.73 Å². The highest BCUT2D eigenvalue weighted by Gasteiger charge is 2.27. The lowest BCUT2D eigenvalue weighted by Crippen LogP contribution is -2.38. The van der Waals surface area contributed by atoms with Crippen LogP contribution in [-0.2, 0) is 14.8 Å². The normalized spacial score (nSPS) is 11.0. The number of nitrogens with two attached hydrogens (primary N) is 1. The van der Waals surface area contributed by atoms with Gasteiger partial charge in [-0.3, -0.25) is 13.9 Å². The predicted molar refractivity (Wildman–Crippen MR) is 122 cm³/mol. The number of nitrogens with one attached hydrogen (secondary N) is 1. The van der Waals surface area contributed by atoms with Crippen molar-refractivity contribution < 1.29 is 27.1 Å². The molecular weight excluding hydrogens is 449 g/mol. The third-order valence-electron chi connectivity index (χ3n) is 4.56. The van der Waals surface area contributed by atoms with E-state index in [1.807, 2.05) is 6.92 Å². The van der Waals surface area contributed by atoms with Gasteiger partial charge in [-0.25, -0.2) is 12.8 Å². The van der Waals surface area contributed by atoms with E-state index in [0.29, 0.717) is 12.4 Å². The number of carbonyl (C=O) groups is 2. The first-order chi connectivity index (χ1) is 15.7. The number of halogens is 1. The van der Waals surface area contributed by atoms with E-state index < -0.39 is 34.2 Å². The minimum Gasteiger partial charge on any atom is -0.494 e. The van der Waals surface area contributed by atoms with E-state index >= 15 is 0 Å². The van der Waals surface area contributed by atoms with Crippen LogP contribution in [0, 0.1) is 5.82 Å². The van der Waals surface area contributed by atoms with Gasteiger partial charge in [0.25, 0.3) is 10.0 Å². The van der Waals surface area contributed by atoms with Gasteiger partial charge in [0.15, 0.2) is 0 Å². The van der Waals surface area contributed by atoms with Gasteiger partial charge in [-0.15, -0.1) is 0 Å². The first-order valence-electron chi connectivity index (χ1n) is 9.91. The second-order valence-electron chi connectivity index (χ2n) is 6.89. The molecule has 3 aromatic carbocycles. The molecule has 0 aliphatic carbocycles. The Morgan fingerprint density at radius 3 is 2.30 bits per heavy atom. The highest BCUT2D eigenvalue weighted by Crippen LogP contribution is 2.26. The fourth-order valence-electron chi connectivity index (χ4n) is 3.01. The van der Waals surface area contributed by atoms with Crippen LogP contribution in [0.4, 0.5) is 15.8 Å². The molecule has 3 N–H and O–H groups in total. The molecule has 172 valence electrons. The van der Waals surface area contributed by atoms with E-state index in [0.717, 1.165) is 28.6 Å². The summed E-state index contributed by atoms with van der Waals surface area (Å²) in [5, 5.41) is 2.56. The maximum Gasteiger partial charge on any atom is 0.264 e. The van der Waals surface area contributed by atoms with Gasteiger partial charge in [-0.1, -0.05) is 6.07 Å². The number of hydrogen-bond donors (Lipinski definition) is 2. The molecule has 0 atom stereocenters. The van der Waals surface area contributed by atoms with E-state index in [1.165, 1.54) is 30.3 Å². The Bertz CT molecular complexity index is 1250. The number of anilines is 2. The number of benzene rings is 3. The largest absolute Gasteiger partial charge is 0.494 e. The number of rotatable bonds is 9. The lowest BCUT2D eigenvalue weighted by atomic mass is 10.2. The molecule has 0 aliphatic heterocycles. The average Bonchev–Trinajstić information content (AvgIpc) is 2.79. The van der Waals surface area contributed by atoms with Crippen LogP contribution in [0.1, 0.15) is 17.3 Å². The van der Waals surface area contributed by atoms with Crippen molar-refractivity contribution in [1.29, 1.82) is 0 Å². The number of hydrogen-bond acceptors (Lipinski definition) is 5. The minimum absolute atomic E-state index is 0.179. The monoisotopic (exact) mass is 471 g/mol. The van der Waals surface area contributed by atoms with Crippen LogP contribution in [0.15, 0.2) is 77.7 Å². The first kappa shape index (κ1) is 23.7. The van der Waals surface area contributed by atoms with E-state index in [1.54, 1.807) is 18.2 Å². The molecule has 0 fully saturated rings. The Balaban J connectivity index is 1.92. The average molecular weight is 472 g/mol. The molecule has 0 radical (unpaired) electrons. The van der Waals surface area contributed by atoms with E-state index in [2.05, 4.69) is 5.32 Å². The first-order valence-corrected chi connectivity index (χ1v) is 11.4. The van der Waals surface area contributed by atoms with Gasteiger partial charge in [0.1, 0.15) is 18.1 Å². The summed E-state index contributed by atoms with van der Waals surface area (Å²) < 4.78 is 46.3. The number of ether oxygens (including phenoxy) is 1. The SMILES string of the molecule is CCOc1ccc(N(CC(=O)Nc2cccc(C(N)=O)c2)S(=O)(=O)c2ccc(F)cc2)cc1. The minimum atomic E-state index is -4.21. The molecule has 0 unspecified atom stereocenters. The second kappa shape index (κ2) is 10.1. The fourth-order valence-corrected chi connectivity index (χ4v) is 4.43. The summed E-state index contributed by atoms with van der Waals surface area (Å²) in [6, 6.07) is 16.4. The molecule has 0 aromatic heterocycles. The molecule has 3 rings (SSSR count). The van der Waals surface area contributed by atoms with Crippen molar-refractivity contribution in [3.05, 3.63) is 84.2 Å². The Kier molecular flexibility index (Phi) is 7.29. The maximum absolute atomic E-state index is 13.3. The highest BCUT2D eigenvalue weighted by atomic mass is 32.2. The number of amides is 2. The van der Waals surface area contributed by atoms with Crippen molar-refractivity contribution in [2.45, 2.75) is 11.8 Å². The summed E-state index contributed by atoms with van der Waals surface area (Å²) in [4.78, 5) is 24.0. The van der Waals surface area contributed by atoms with Crippen LogP contribution >= 0.6 is 0 Å². The number of carbonyl (C=O) groups excluding carboxylic acids is 2. The Hall–Kier alpha value is -3.92. The topological polar surface area (TPSA) is 119 Å². The molecular formula is C23H22FN3O5S. The van der Waals surface area contributed by atoms with Gasteiger partial charge in [-0.05, 0) is 73.7 Å². The predicted octanol–water partition coefficient (Wildman–Crippen LogP) is 3.16. The molecule has 0 aliphatic rings. The lowest BCUT2D eigenvalue weighted by Gasteiger charge is -2.24. The molecule has 2 amide bonds. The molecule has 0 heterocycles. The third kappa shape index (κ3) is 5.86. The van der Waals surface area contributed by atoms with E-state index in [4.69, 9.17) is 10.5 Å². The summed E-state index contributed by atoms with van der Waals surface area (Å²) >= 11 is 0. The van der Waals surface area contributed by atoms with Crippen molar-refractivity contribution >= 4 is 33.2 Å². The Labute approximate surface area is 190 Å². The van der Waals surface area contributed by atoms with Gasteiger partial charge < -0.3 is 15.8 Å². The van der Waals surface area contributed by atoms with Gasteiger partial charge in [0.05, 0.1) is 17.2 Å². The van der Waals surface area contributed by atoms with Gasteiger partial charge in [0.2, 0.25) is 11.8 Å². The smallest absolute Gasteiger partial charge is 0.264 e. The zero-order valence-corrected chi connectivity index (χ0v) is 18.5. The Morgan fingerprint density at radius 2 is 1.70 bits per heavy atom. The number of primary amides is 1. The van der Waals surface area contributed by atoms with Crippen molar-refractivity contribution in [3.8, 4) is 5.75 Å². The van der Waals surface area contributed by atoms with Gasteiger partial charge in [-0.2, -0.15) is 0 Å². The zero-order valence-electron chi connectivity index (χ0n) is 17.7. The van der Waals surface area contributed by atoms with Crippen LogP contribution in [0.2, 0.25) is 0 Å². The standard InChI is InChI=1S/C23H22FN3O5S/c1-2-32-20-10-8-19(9-11-20)27(33(30,31)21-12-6-17(24)7-13-21)15-22(28)26-18-5-3-4-16(14-18)23(25)29/h3-14H,2,15H2,1H3,(H2,25,29)(H,26,28). The maximum atomic E-state index is 13.3. The summed E-state index contributed by atoms with van der Waals surface area (Å²) in [6.45, 7) is 1.68. The summed E-state index contributed by atoms with van der Waals surface area (Å²) in [5.41, 5.74) is 5.94. The summed E-state index contributed by atoms with van der Waals surface area (Å²) in [5.74, 6) is -1.38. The van der Waals surface area contributed by atoms with E-state index in [9.17, 15) is 22.4 Å². The molecule has 0 saturated heterocycles. The van der Waals surface area contributed by atoms with Gasteiger partial charge >= 0.3 is 0 Å². The van der Waals surface area contributed by atoms with Crippen LogP contribution in [0.3, 0.4) is 0 Å². The molecule has 8 nitrogen and oxygen atoms in total. The quantitative estimate of drug-likeness (QED) is 0.497. The van der Waals surface area contributed by atoms with E-state index in [-0.39, 0.29) is 21.8 Å².